The molecule has 0 saturated heterocycles. The summed E-state index contributed by atoms with van der Waals surface area (Å²) >= 11 is 0. The van der Waals surface area contributed by atoms with Crippen molar-refractivity contribution in [3.63, 3.8) is 0 Å². The van der Waals surface area contributed by atoms with E-state index < -0.39 is 5.97 Å². The molecule has 0 heterocycles. The van der Waals surface area contributed by atoms with Crippen LogP contribution in [0, 0.1) is 11.8 Å². The Morgan fingerprint density at radius 1 is 1.53 bits per heavy atom. The van der Waals surface area contributed by atoms with Gasteiger partial charge in [-0.05, 0) is 38.9 Å². The van der Waals surface area contributed by atoms with Crippen molar-refractivity contribution in [2.45, 2.75) is 13.8 Å². The van der Waals surface area contributed by atoms with E-state index in [2.05, 4.69) is 11.0 Å². The highest BCUT2D eigenvalue weighted by atomic mass is 16.4. The summed E-state index contributed by atoms with van der Waals surface area (Å²) in [4.78, 5) is 13.1. The second-order valence-electron chi connectivity index (χ2n) is 4.53. The maximum absolute atomic E-state index is 11.0. The van der Waals surface area contributed by atoms with E-state index in [0.29, 0.717) is 11.5 Å². The Morgan fingerprint density at radius 2 is 2.13 bits per heavy atom. The first-order chi connectivity index (χ1) is 6.91. The van der Waals surface area contributed by atoms with E-state index in [9.17, 15) is 4.79 Å². The zero-order valence-corrected chi connectivity index (χ0v) is 9.82. The van der Waals surface area contributed by atoms with E-state index in [4.69, 9.17) is 5.11 Å². The monoisotopic (exact) mass is 209 g/mol. The van der Waals surface area contributed by atoms with Crippen LogP contribution in [-0.4, -0.2) is 36.6 Å². The smallest absolute Gasteiger partial charge is 0.331 e. The van der Waals surface area contributed by atoms with Gasteiger partial charge in [0.25, 0.3) is 0 Å². The molecule has 0 radical (unpaired) electrons. The molecule has 1 N–H and O–H groups in total. The maximum Gasteiger partial charge on any atom is 0.331 e. The molecule has 3 heteroatoms. The predicted octanol–water partition coefficient (Wildman–Crippen LogP) is 1.77. The Hall–Kier alpha value is -1.09. The molecule has 0 spiro atoms. The van der Waals surface area contributed by atoms with Crippen molar-refractivity contribution < 1.29 is 9.90 Å². The molecule has 0 aromatic rings. The molecule has 0 aliphatic heterocycles. The average Bonchev–Trinajstić information content (AvgIpc) is 2.09. The molecule has 84 valence electrons. The fourth-order valence-corrected chi connectivity index (χ4v) is 2.03. The summed E-state index contributed by atoms with van der Waals surface area (Å²) in [6.07, 6.45) is 3.94. The number of allylic oxidation sites excluding steroid dienone is 2. The van der Waals surface area contributed by atoms with Crippen LogP contribution in [0.15, 0.2) is 23.3 Å². The van der Waals surface area contributed by atoms with E-state index in [1.165, 1.54) is 0 Å². The lowest BCUT2D eigenvalue weighted by Gasteiger charge is -2.28. The summed E-state index contributed by atoms with van der Waals surface area (Å²) in [7, 11) is 4.02. The highest BCUT2D eigenvalue weighted by molar-refractivity contribution is 5.88. The SMILES string of the molecule is CC1=CC(CN(C)C)C(C)C(C(=O)O)=C1. The molecule has 0 fully saturated rings. The fraction of sp³-hybridized carbons (Fsp3) is 0.583. The van der Waals surface area contributed by atoms with Gasteiger partial charge in [-0.15, -0.1) is 0 Å². The minimum absolute atomic E-state index is 0.0913. The molecule has 0 amide bonds. The number of hydrogen-bond acceptors (Lipinski definition) is 2. The Labute approximate surface area is 91.1 Å². The molecule has 15 heavy (non-hydrogen) atoms. The van der Waals surface area contributed by atoms with Crippen molar-refractivity contribution in [1.82, 2.24) is 4.90 Å². The van der Waals surface area contributed by atoms with Crippen LogP contribution in [0.1, 0.15) is 13.8 Å². The minimum Gasteiger partial charge on any atom is -0.478 e. The number of rotatable bonds is 3. The molecule has 0 aromatic heterocycles. The Bertz CT molecular complexity index is 316. The third-order valence-corrected chi connectivity index (χ3v) is 2.82. The van der Waals surface area contributed by atoms with Gasteiger partial charge in [-0.25, -0.2) is 4.79 Å². The van der Waals surface area contributed by atoms with Crippen LogP contribution in [0.4, 0.5) is 0 Å². The highest BCUT2D eigenvalue weighted by Gasteiger charge is 2.26. The van der Waals surface area contributed by atoms with Crippen LogP contribution >= 0.6 is 0 Å². The van der Waals surface area contributed by atoms with Gasteiger partial charge in [0.15, 0.2) is 0 Å². The van der Waals surface area contributed by atoms with E-state index >= 15 is 0 Å². The van der Waals surface area contributed by atoms with Gasteiger partial charge in [0.2, 0.25) is 0 Å². The van der Waals surface area contributed by atoms with E-state index in [-0.39, 0.29) is 5.92 Å². The van der Waals surface area contributed by atoms with Crippen LogP contribution in [-0.2, 0) is 4.79 Å². The van der Waals surface area contributed by atoms with Crippen molar-refractivity contribution in [1.29, 1.82) is 0 Å². The summed E-state index contributed by atoms with van der Waals surface area (Å²) in [5.74, 6) is -0.400. The summed E-state index contributed by atoms with van der Waals surface area (Å²) in [6.45, 7) is 4.83. The Morgan fingerprint density at radius 3 is 2.60 bits per heavy atom. The molecule has 1 aliphatic carbocycles. The second kappa shape index (κ2) is 4.62. The molecule has 2 atom stereocenters. The summed E-state index contributed by atoms with van der Waals surface area (Å²) < 4.78 is 0. The normalized spacial score (nSPS) is 26.2. The Balaban J connectivity index is 2.88. The molecule has 1 aliphatic rings. The zero-order valence-electron chi connectivity index (χ0n) is 9.82. The topological polar surface area (TPSA) is 40.5 Å². The summed E-state index contributed by atoms with van der Waals surface area (Å²) in [6, 6.07) is 0. The average molecular weight is 209 g/mol. The Kier molecular flexibility index (Phi) is 3.69. The molecule has 2 unspecified atom stereocenters. The first kappa shape index (κ1) is 12.0. The van der Waals surface area contributed by atoms with E-state index in [1.54, 1.807) is 6.08 Å². The fourth-order valence-electron chi connectivity index (χ4n) is 2.03. The summed E-state index contributed by atoms with van der Waals surface area (Å²) in [5.41, 5.74) is 1.58. The van der Waals surface area contributed by atoms with Gasteiger partial charge in [0.05, 0.1) is 0 Å². The molecule has 1 rings (SSSR count). The van der Waals surface area contributed by atoms with E-state index in [1.807, 2.05) is 27.9 Å². The van der Waals surface area contributed by atoms with Gasteiger partial charge in [0.1, 0.15) is 0 Å². The predicted molar refractivity (Wildman–Crippen MR) is 60.7 cm³/mol. The number of carboxylic acid groups (broad SMARTS) is 1. The van der Waals surface area contributed by atoms with Crippen LogP contribution in [0.2, 0.25) is 0 Å². The maximum atomic E-state index is 11.0. The summed E-state index contributed by atoms with van der Waals surface area (Å²) in [5, 5.41) is 9.07. The van der Waals surface area contributed by atoms with Gasteiger partial charge in [-0.2, -0.15) is 0 Å². The number of carboxylic acids is 1. The molecule has 0 aromatic carbocycles. The van der Waals surface area contributed by atoms with E-state index in [0.717, 1.165) is 12.1 Å². The number of nitrogens with zero attached hydrogens (tertiary/aromatic N) is 1. The lowest BCUT2D eigenvalue weighted by atomic mass is 9.81. The van der Waals surface area contributed by atoms with Gasteiger partial charge < -0.3 is 10.0 Å². The van der Waals surface area contributed by atoms with Gasteiger partial charge in [-0.3, -0.25) is 0 Å². The first-order valence-corrected chi connectivity index (χ1v) is 5.20. The third kappa shape index (κ3) is 2.93. The van der Waals surface area contributed by atoms with Crippen molar-refractivity contribution in [2.24, 2.45) is 11.8 Å². The highest BCUT2D eigenvalue weighted by Crippen LogP contribution is 2.29. The van der Waals surface area contributed by atoms with Crippen molar-refractivity contribution in [3.8, 4) is 0 Å². The van der Waals surface area contributed by atoms with Gasteiger partial charge >= 0.3 is 5.97 Å². The van der Waals surface area contributed by atoms with Crippen LogP contribution in [0.3, 0.4) is 0 Å². The van der Waals surface area contributed by atoms with Gasteiger partial charge in [0, 0.05) is 12.1 Å². The molecule has 0 bridgehead atoms. The molecular formula is C12H19NO2. The first-order valence-electron chi connectivity index (χ1n) is 5.20. The van der Waals surface area contributed by atoms with Crippen molar-refractivity contribution in [3.05, 3.63) is 23.3 Å². The molecule has 0 saturated carbocycles. The quantitative estimate of drug-likeness (QED) is 0.770. The van der Waals surface area contributed by atoms with Crippen LogP contribution in [0.25, 0.3) is 0 Å². The molecule has 3 nitrogen and oxygen atoms in total. The van der Waals surface area contributed by atoms with Crippen LogP contribution in [0.5, 0.6) is 0 Å². The molecular weight excluding hydrogens is 190 g/mol. The lowest BCUT2D eigenvalue weighted by Crippen LogP contribution is -2.29. The van der Waals surface area contributed by atoms with Gasteiger partial charge in [-0.1, -0.05) is 18.6 Å². The number of aliphatic carboxylic acids is 1. The van der Waals surface area contributed by atoms with Crippen molar-refractivity contribution >= 4 is 5.97 Å². The van der Waals surface area contributed by atoms with Crippen LogP contribution < -0.4 is 0 Å². The zero-order chi connectivity index (χ0) is 11.6. The lowest BCUT2D eigenvalue weighted by molar-refractivity contribution is -0.133. The third-order valence-electron chi connectivity index (χ3n) is 2.82. The standard InChI is InChI=1S/C12H19NO2/c1-8-5-10(7-13(3)4)9(2)11(6-8)12(14)15/h5-6,9-10H,7H2,1-4H3,(H,14,15). The largest absolute Gasteiger partial charge is 0.478 e. The number of hydrogen-bond donors (Lipinski definition) is 1. The van der Waals surface area contributed by atoms with Crippen molar-refractivity contribution in [2.75, 3.05) is 20.6 Å². The minimum atomic E-state index is -0.793. The second-order valence-corrected chi connectivity index (χ2v) is 4.53. The number of carbonyl (C=O) groups is 1.